The van der Waals surface area contributed by atoms with Crippen molar-refractivity contribution >= 4 is 29.1 Å². The summed E-state index contributed by atoms with van der Waals surface area (Å²) in [5.74, 6) is 0.251. The zero-order chi connectivity index (χ0) is 20.9. The highest BCUT2D eigenvalue weighted by atomic mass is 35.5. The summed E-state index contributed by atoms with van der Waals surface area (Å²) in [4.78, 5) is 28.7. The first kappa shape index (κ1) is 20.1. The Bertz CT molecular complexity index is 1030. The second-order valence-corrected chi connectivity index (χ2v) is 7.51. The van der Waals surface area contributed by atoms with Crippen LogP contribution in [-0.4, -0.2) is 59.5 Å². The lowest BCUT2D eigenvalue weighted by Crippen LogP contribution is -2.50. The molecule has 1 aliphatic heterocycles. The molecule has 1 fully saturated rings. The van der Waals surface area contributed by atoms with Crippen molar-refractivity contribution in [3.63, 3.8) is 0 Å². The monoisotopic (exact) mass is 424 g/mol. The fraction of sp³-hybridized carbons (Fsp3) is 0.227. The van der Waals surface area contributed by atoms with Crippen molar-refractivity contribution in [2.45, 2.75) is 0 Å². The highest BCUT2D eigenvalue weighted by molar-refractivity contribution is 6.30. The Morgan fingerprint density at radius 2 is 1.77 bits per heavy atom. The lowest BCUT2D eigenvalue weighted by Gasteiger charge is -2.33. The second-order valence-electron chi connectivity index (χ2n) is 7.07. The van der Waals surface area contributed by atoms with Gasteiger partial charge in [0.2, 0.25) is 5.91 Å². The zero-order valence-electron chi connectivity index (χ0n) is 16.3. The van der Waals surface area contributed by atoms with Gasteiger partial charge in [-0.25, -0.2) is 0 Å². The third kappa shape index (κ3) is 4.87. The van der Waals surface area contributed by atoms with Crippen LogP contribution in [0.25, 0.3) is 11.3 Å². The molecule has 4 rings (SSSR count). The Kier molecular flexibility index (Phi) is 6.11. The van der Waals surface area contributed by atoms with Crippen LogP contribution in [0.5, 0.6) is 0 Å². The smallest absolute Gasteiger partial charge is 0.276 e. The zero-order valence-corrected chi connectivity index (χ0v) is 17.0. The molecule has 0 radical (unpaired) electrons. The Morgan fingerprint density at radius 1 is 1.00 bits per heavy atom. The van der Waals surface area contributed by atoms with Gasteiger partial charge in [0.15, 0.2) is 11.5 Å². The minimum atomic E-state index is -0.180. The minimum absolute atomic E-state index is 0.0661. The fourth-order valence-electron chi connectivity index (χ4n) is 3.35. The summed E-state index contributed by atoms with van der Waals surface area (Å²) in [5, 5.41) is 7.39. The number of anilines is 1. The maximum atomic E-state index is 12.8. The molecule has 2 heterocycles. The van der Waals surface area contributed by atoms with Crippen LogP contribution in [0.15, 0.2) is 65.2 Å². The van der Waals surface area contributed by atoms with Gasteiger partial charge in [0, 0.05) is 48.5 Å². The van der Waals surface area contributed by atoms with Crippen molar-refractivity contribution in [1.82, 2.24) is 15.0 Å². The number of para-hydroxylation sites is 1. The van der Waals surface area contributed by atoms with E-state index >= 15 is 0 Å². The van der Waals surface area contributed by atoms with Crippen molar-refractivity contribution in [1.29, 1.82) is 0 Å². The topological polar surface area (TPSA) is 78.7 Å². The van der Waals surface area contributed by atoms with Gasteiger partial charge < -0.3 is 14.7 Å². The van der Waals surface area contributed by atoms with Gasteiger partial charge in [0.1, 0.15) is 0 Å². The number of aromatic nitrogens is 1. The molecule has 30 heavy (non-hydrogen) atoms. The van der Waals surface area contributed by atoms with Crippen molar-refractivity contribution in [3.05, 3.63) is 71.4 Å². The third-order valence-electron chi connectivity index (χ3n) is 4.92. The molecule has 2 aromatic carbocycles. The molecule has 154 valence electrons. The number of hydrogen-bond acceptors (Lipinski definition) is 5. The molecular weight excluding hydrogens is 404 g/mol. The van der Waals surface area contributed by atoms with Crippen LogP contribution < -0.4 is 5.32 Å². The summed E-state index contributed by atoms with van der Waals surface area (Å²) in [5.41, 5.74) is 1.81. The molecule has 1 aromatic heterocycles. The van der Waals surface area contributed by atoms with E-state index in [0.717, 1.165) is 11.3 Å². The van der Waals surface area contributed by atoms with Gasteiger partial charge in [-0.05, 0) is 24.3 Å². The first-order chi connectivity index (χ1) is 14.6. The van der Waals surface area contributed by atoms with Crippen LogP contribution in [0.2, 0.25) is 5.02 Å². The van der Waals surface area contributed by atoms with Gasteiger partial charge in [0.25, 0.3) is 5.91 Å². The molecule has 7 nitrogen and oxygen atoms in total. The van der Waals surface area contributed by atoms with Crippen molar-refractivity contribution in [3.8, 4) is 11.3 Å². The lowest BCUT2D eigenvalue weighted by atomic mass is 10.1. The summed E-state index contributed by atoms with van der Waals surface area (Å²) < 4.78 is 5.33. The highest BCUT2D eigenvalue weighted by Crippen LogP contribution is 2.24. The number of nitrogens with zero attached hydrogens (tertiary/aromatic N) is 3. The molecule has 1 aliphatic rings. The first-order valence-corrected chi connectivity index (χ1v) is 10.1. The van der Waals surface area contributed by atoms with E-state index in [9.17, 15) is 9.59 Å². The first-order valence-electron chi connectivity index (χ1n) is 9.68. The van der Waals surface area contributed by atoms with E-state index in [1.165, 1.54) is 0 Å². The van der Waals surface area contributed by atoms with E-state index in [-0.39, 0.29) is 17.5 Å². The highest BCUT2D eigenvalue weighted by Gasteiger charge is 2.25. The van der Waals surface area contributed by atoms with E-state index in [0.29, 0.717) is 43.5 Å². The van der Waals surface area contributed by atoms with E-state index in [1.54, 1.807) is 23.1 Å². The maximum absolute atomic E-state index is 12.8. The van der Waals surface area contributed by atoms with Crippen molar-refractivity contribution in [2.75, 3.05) is 38.0 Å². The standard InChI is InChI=1S/C22H21ClN4O3/c23-17-6-4-5-16(13-17)20-14-19(25-30-20)22(29)27-11-9-26(10-12-27)15-21(28)24-18-7-2-1-3-8-18/h1-8,13-14H,9-12,15H2,(H,24,28). The van der Waals surface area contributed by atoms with Gasteiger partial charge in [-0.15, -0.1) is 0 Å². The molecule has 1 N–H and O–H groups in total. The van der Waals surface area contributed by atoms with E-state index in [4.69, 9.17) is 16.1 Å². The maximum Gasteiger partial charge on any atom is 0.276 e. The summed E-state index contributed by atoms with van der Waals surface area (Å²) in [6.45, 7) is 2.58. The fourth-order valence-corrected chi connectivity index (χ4v) is 3.54. The van der Waals surface area contributed by atoms with Gasteiger partial charge in [-0.2, -0.15) is 0 Å². The number of rotatable bonds is 5. The molecule has 0 unspecified atom stereocenters. The number of piperazine rings is 1. The number of carbonyl (C=O) groups excluding carboxylic acids is 2. The molecule has 1 saturated heterocycles. The number of carbonyl (C=O) groups is 2. The summed E-state index contributed by atoms with van der Waals surface area (Å²) >= 11 is 6.01. The van der Waals surface area contributed by atoms with Crippen LogP contribution in [0.4, 0.5) is 5.69 Å². The molecule has 3 aromatic rings. The predicted octanol–water partition coefficient (Wildman–Crippen LogP) is 3.39. The van der Waals surface area contributed by atoms with Crippen molar-refractivity contribution in [2.24, 2.45) is 0 Å². The van der Waals surface area contributed by atoms with Gasteiger partial charge >= 0.3 is 0 Å². The van der Waals surface area contributed by atoms with Crippen LogP contribution in [-0.2, 0) is 4.79 Å². The average molecular weight is 425 g/mol. The predicted molar refractivity (Wildman–Crippen MR) is 114 cm³/mol. The number of halogens is 1. The molecule has 0 spiro atoms. The third-order valence-corrected chi connectivity index (χ3v) is 5.16. The molecule has 0 aliphatic carbocycles. The normalized spacial score (nSPS) is 14.5. The van der Waals surface area contributed by atoms with Crippen molar-refractivity contribution < 1.29 is 14.1 Å². The molecule has 0 atom stereocenters. The Hall–Kier alpha value is -3.16. The van der Waals surface area contributed by atoms with Crippen LogP contribution in [0.1, 0.15) is 10.5 Å². The molecule has 2 amide bonds. The summed E-state index contributed by atoms with van der Waals surface area (Å²) in [6, 6.07) is 18.2. The van der Waals surface area contributed by atoms with Crippen LogP contribution in [0.3, 0.4) is 0 Å². The van der Waals surface area contributed by atoms with E-state index < -0.39 is 0 Å². The SMILES string of the molecule is O=C(CN1CCN(C(=O)c2cc(-c3cccc(Cl)c3)on2)CC1)Nc1ccccc1. The quantitative estimate of drug-likeness (QED) is 0.679. The molecule has 0 bridgehead atoms. The average Bonchev–Trinajstić information content (AvgIpc) is 3.25. The number of nitrogens with one attached hydrogen (secondary N) is 1. The Morgan fingerprint density at radius 3 is 2.50 bits per heavy atom. The Balaban J connectivity index is 1.30. The minimum Gasteiger partial charge on any atom is -0.355 e. The second kappa shape index (κ2) is 9.11. The van der Waals surface area contributed by atoms with Gasteiger partial charge in [-0.3, -0.25) is 14.5 Å². The number of benzene rings is 2. The molecular formula is C22H21ClN4O3. The van der Waals surface area contributed by atoms with Gasteiger partial charge in [-0.1, -0.05) is 47.1 Å². The Labute approximate surface area is 179 Å². The number of hydrogen-bond donors (Lipinski definition) is 1. The summed E-state index contributed by atoms with van der Waals surface area (Å²) in [7, 11) is 0. The van der Waals surface area contributed by atoms with E-state index in [1.807, 2.05) is 47.4 Å². The summed E-state index contributed by atoms with van der Waals surface area (Å²) in [6.07, 6.45) is 0. The molecule has 8 heteroatoms. The van der Waals surface area contributed by atoms with E-state index in [2.05, 4.69) is 10.5 Å². The molecule has 0 saturated carbocycles. The van der Waals surface area contributed by atoms with Crippen LogP contribution >= 0.6 is 11.6 Å². The van der Waals surface area contributed by atoms with Gasteiger partial charge in [0.05, 0.1) is 6.54 Å². The lowest BCUT2D eigenvalue weighted by molar-refractivity contribution is -0.117. The number of amides is 2. The largest absolute Gasteiger partial charge is 0.355 e. The van der Waals surface area contributed by atoms with Crippen LogP contribution in [0, 0.1) is 0 Å².